The first-order chi connectivity index (χ1) is 8.74. The summed E-state index contributed by atoms with van der Waals surface area (Å²) < 4.78 is 10.5. The second kappa shape index (κ2) is 16.2. The van der Waals surface area contributed by atoms with Gasteiger partial charge in [-0.05, 0) is 37.0 Å². The molecule has 0 aromatic heterocycles. The van der Waals surface area contributed by atoms with Crippen molar-refractivity contribution in [3.05, 3.63) is 48.4 Å². The molecule has 0 saturated carbocycles. The Morgan fingerprint density at radius 3 is 2.50 bits per heavy atom. The molecule has 0 heterocycles. The van der Waals surface area contributed by atoms with E-state index in [0.717, 1.165) is 17.7 Å². The molecule has 0 nitrogen and oxygen atoms in total. The molecule has 1 unspecified atom stereocenters. The van der Waals surface area contributed by atoms with E-state index >= 15 is 0 Å². The van der Waals surface area contributed by atoms with Gasteiger partial charge in [0, 0.05) is 0 Å². The number of hydrogen-bond acceptors (Lipinski definition) is 1. The summed E-state index contributed by atoms with van der Waals surface area (Å²) in [4.78, 5) is 0. The Balaban J connectivity index is 0. The van der Waals surface area contributed by atoms with Gasteiger partial charge >= 0.3 is 0 Å². The van der Waals surface area contributed by atoms with Crippen LogP contribution in [0.15, 0.2) is 48.4 Å². The molecule has 1 aliphatic rings. The Kier molecular flexibility index (Phi) is 17.7. The minimum Gasteiger partial charge on any atom is -0.160 e. The third kappa shape index (κ3) is 13.3. The van der Waals surface area contributed by atoms with Gasteiger partial charge < -0.3 is 0 Å². The van der Waals surface area contributed by atoms with Crippen molar-refractivity contribution in [2.45, 2.75) is 46.5 Å². The maximum atomic E-state index is 10.5. The SMILES string of the molecule is C=C/C=C1\C/C=C\C(C)CCC1.C=CSF.CC. The van der Waals surface area contributed by atoms with E-state index in [0.29, 0.717) is 0 Å². The van der Waals surface area contributed by atoms with E-state index in [-0.39, 0.29) is 12.1 Å². The maximum Gasteiger partial charge on any atom is 0.0726 e. The zero-order chi connectivity index (χ0) is 14.2. The van der Waals surface area contributed by atoms with Gasteiger partial charge in [-0.3, -0.25) is 0 Å². The second-order valence-corrected chi connectivity index (χ2v) is 4.33. The highest BCUT2D eigenvalue weighted by Crippen LogP contribution is 2.20. The van der Waals surface area contributed by atoms with Crippen molar-refractivity contribution < 1.29 is 3.89 Å². The largest absolute Gasteiger partial charge is 0.160 e. The van der Waals surface area contributed by atoms with Gasteiger partial charge in [0.25, 0.3) is 0 Å². The van der Waals surface area contributed by atoms with Crippen molar-refractivity contribution in [1.29, 1.82) is 0 Å². The lowest BCUT2D eigenvalue weighted by atomic mass is 9.95. The lowest BCUT2D eigenvalue weighted by Crippen LogP contribution is -1.94. The van der Waals surface area contributed by atoms with Crippen LogP contribution in [0.1, 0.15) is 46.5 Å². The highest BCUT2D eigenvalue weighted by molar-refractivity contribution is 7.97. The Labute approximate surface area is 117 Å². The molecule has 0 bridgehead atoms. The molecule has 0 saturated heterocycles. The van der Waals surface area contributed by atoms with Crippen LogP contribution in [-0.4, -0.2) is 0 Å². The van der Waals surface area contributed by atoms with E-state index in [2.05, 4.69) is 38.3 Å². The smallest absolute Gasteiger partial charge is 0.0726 e. The summed E-state index contributed by atoms with van der Waals surface area (Å²) in [6, 6.07) is 0. The lowest BCUT2D eigenvalue weighted by Gasteiger charge is -2.11. The third-order valence-electron chi connectivity index (χ3n) is 2.42. The van der Waals surface area contributed by atoms with Crippen LogP contribution in [-0.2, 0) is 0 Å². The zero-order valence-electron chi connectivity index (χ0n) is 12.0. The van der Waals surface area contributed by atoms with Gasteiger partial charge in [0.1, 0.15) is 0 Å². The molecule has 0 aliphatic heterocycles. The Morgan fingerprint density at radius 1 is 1.39 bits per heavy atom. The average Bonchev–Trinajstić information content (AvgIpc) is 2.39. The monoisotopic (exact) mass is 270 g/mol. The van der Waals surface area contributed by atoms with Crippen molar-refractivity contribution in [3.63, 3.8) is 0 Å². The molecule has 1 aliphatic carbocycles. The first kappa shape index (κ1) is 19.6. The van der Waals surface area contributed by atoms with E-state index in [9.17, 15) is 3.89 Å². The number of hydrogen-bond donors (Lipinski definition) is 0. The number of allylic oxidation sites excluding steroid dienone is 5. The van der Waals surface area contributed by atoms with Gasteiger partial charge in [0.15, 0.2) is 0 Å². The quantitative estimate of drug-likeness (QED) is 0.507. The summed E-state index contributed by atoms with van der Waals surface area (Å²) >= 11 is 0.120. The highest BCUT2D eigenvalue weighted by atomic mass is 32.2. The van der Waals surface area contributed by atoms with Crippen LogP contribution in [0, 0.1) is 5.92 Å². The predicted molar refractivity (Wildman–Crippen MR) is 85.3 cm³/mol. The van der Waals surface area contributed by atoms with Gasteiger partial charge in [-0.25, -0.2) is 0 Å². The van der Waals surface area contributed by atoms with E-state index in [1.54, 1.807) is 0 Å². The molecular weight excluding hydrogens is 243 g/mol. The summed E-state index contributed by atoms with van der Waals surface area (Å²) in [5.74, 6) is 0.773. The zero-order valence-corrected chi connectivity index (χ0v) is 12.8. The van der Waals surface area contributed by atoms with Crippen molar-refractivity contribution in [2.24, 2.45) is 5.92 Å². The molecule has 0 fully saturated rings. The number of halogens is 1. The molecule has 0 aromatic rings. The standard InChI is InChI=1S/C12H18.C2H3FS.C2H6/c1-3-6-12-9-4-7-11(2)8-5-10-12;1-2-4-3;1-2/h3-4,6-7,11H,1,5,8-10H2,2H3;2H,1H2;1-2H3/b7-4-,12-6+;;. The van der Waals surface area contributed by atoms with Crippen LogP contribution in [0.4, 0.5) is 3.89 Å². The molecule has 2 heteroatoms. The van der Waals surface area contributed by atoms with Gasteiger partial charge in [-0.2, -0.15) is 3.89 Å². The Hall–Kier alpha value is -0.760. The number of rotatable bonds is 2. The summed E-state index contributed by atoms with van der Waals surface area (Å²) in [6.07, 6.45) is 13.7. The van der Waals surface area contributed by atoms with Crippen LogP contribution < -0.4 is 0 Å². The van der Waals surface area contributed by atoms with Gasteiger partial charge in [0.2, 0.25) is 0 Å². The van der Waals surface area contributed by atoms with E-state index in [1.165, 1.54) is 24.8 Å². The van der Waals surface area contributed by atoms with Crippen LogP contribution in [0.2, 0.25) is 0 Å². The van der Waals surface area contributed by atoms with Crippen molar-refractivity contribution in [1.82, 2.24) is 0 Å². The summed E-state index contributed by atoms with van der Waals surface area (Å²) in [5, 5.41) is 1.12. The van der Waals surface area contributed by atoms with Crippen molar-refractivity contribution in [3.8, 4) is 0 Å². The molecule has 0 spiro atoms. The first-order valence-electron chi connectivity index (χ1n) is 6.60. The summed E-state index contributed by atoms with van der Waals surface area (Å²) in [7, 11) is 0. The van der Waals surface area contributed by atoms with Crippen LogP contribution >= 0.6 is 12.1 Å². The van der Waals surface area contributed by atoms with Gasteiger partial charge in [-0.15, -0.1) is 0 Å². The van der Waals surface area contributed by atoms with Crippen molar-refractivity contribution >= 4 is 12.1 Å². The molecule has 0 radical (unpaired) electrons. The predicted octanol–water partition coefficient (Wildman–Crippen LogP) is 6.64. The van der Waals surface area contributed by atoms with Crippen LogP contribution in [0.3, 0.4) is 0 Å². The molecule has 104 valence electrons. The average molecular weight is 270 g/mol. The lowest BCUT2D eigenvalue weighted by molar-refractivity contribution is 0.592. The normalized spacial score (nSPS) is 22.2. The summed E-state index contributed by atoms with van der Waals surface area (Å²) in [5.41, 5.74) is 1.52. The van der Waals surface area contributed by atoms with Crippen LogP contribution in [0.5, 0.6) is 0 Å². The second-order valence-electron chi connectivity index (χ2n) is 3.82. The first-order valence-corrected chi connectivity index (χ1v) is 7.38. The topological polar surface area (TPSA) is 0 Å². The van der Waals surface area contributed by atoms with Gasteiger partial charge in [-0.1, -0.05) is 63.8 Å². The summed E-state index contributed by atoms with van der Waals surface area (Å²) in [6.45, 7) is 13.1. The maximum absolute atomic E-state index is 10.5. The van der Waals surface area contributed by atoms with Crippen LogP contribution in [0.25, 0.3) is 0 Å². The molecular formula is C16H27FS. The van der Waals surface area contributed by atoms with E-state index < -0.39 is 0 Å². The molecule has 1 rings (SSSR count). The molecule has 18 heavy (non-hydrogen) atoms. The fraction of sp³-hybridized carbons (Fsp3) is 0.500. The fourth-order valence-electron chi connectivity index (χ4n) is 1.62. The van der Waals surface area contributed by atoms with Crippen molar-refractivity contribution in [2.75, 3.05) is 0 Å². The molecule has 1 atom stereocenters. The van der Waals surface area contributed by atoms with Gasteiger partial charge in [0.05, 0.1) is 12.1 Å². The van der Waals surface area contributed by atoms with E-state index in [4.69, 9.17) is 0 Å². The minimum atomic E-state index is 0.120. The third-order valence-corrected chi connectivity index (χ3v) is 2.54. The van der Waals surface area contributed by atoms with E-state index in [1.807, 2.05) is 19.9 Å². The fourth-order valence-corrected chi connectivity index (χ4v) is 1.62. The Morgan fingerprint density at radius 2 is 2.00 bits per heavy atom. The minimum absolute atomic E-state index is 0.120. The molecule has 0 aromatic carbocycles. The highest BCUT2D eigenvalue weighted by Gasteiger charge is 2.02. The Bertz CT molecular complexity index is 254. The molecule has 0 N–H and O–H groups in total. The molecule has 0 amide bonds.